The third-order valence-electron chi connectivity index (χ3n) is 6.50. The maximum absolute atomic E-state index is 14.0. The van der Waals surface area contributed by atoms with Crippen molar-refractivity contribution in [2.75, 3.05) is 37.6 Å². The zero-order chi connectivity index (χ0) is 22.8. The highest BCUT2D eigenvalue weighted by atomic mass is 35.5. The van der Waals surface area contributed by atoms with Crippen molar-refractivity contribution in [3.05, 3.63) is 76.7 Å². The third kappa shape index (κ3) is 5.74. The molecule has 1 saturated heterocycles. The zero-order valence-electron chi connectivity index (χ0n) is 19.7. The molecular formula is C26H30Cl2FN5O. The van der Waals surface area contributed by atoms with Gasteiger partial charge in [-0.25, -0.2) is 9.37 Å². The molecule has 0 amide bonds. The summed E-state index contributed by atoms with van der Waals surface area (Å²) < 4.78 is 15.7. The van der Waals surface area contributed by atoms with Gasteiger partial charge in [-0.15, -0.1) is 24.8 Å². The Balaban J connectivity index is 0.00000171. The van der Waals surface area contributed by atoms with E-state index in [9.17, 15) is 9.18 Å². The Morgan fingerprint density at radius 2 is 1.66 bits per heavy atom. The van der Waals surface area contributed by atoms with Crippen LogP contribution in [0.25, 0.3) is 21.8 Å². The van der Waals surface area contributed by atoms with Gasteiger partial charge in [-0.1, -0.05) is 23.8 Å². The Morgan fingerprint density at radius 3 is 2.43 bits per heavy atom. The van der Waals surface area contributed by atoms with Gasteiger partial charge in [-0.2, -0.15) is 0 Å². The summed E-state index contributed by atoms with van der Waals surface area (Å²) in [5, 5.41) is 1.49. The van der Waals surface area contributed by atoms with E-state index in [-0.39, 0.29) is 36.2 Å². The van der Waals surface area contributed by atoms with Crippen LogP contribution in [0.5, 0.6) is 0 Å². The van der Waals surface area contributed by atoms with Crippen molar-refractivity contribution in [3.8, 4) is 0 Å². The number of halogens is 3. The minimum atomic E-state index is -0.154. The molecule has 6 nitrogen and oxygen atoms in total. The molecule has 0 N–H and O–H groups in total. The molecule has 0 atom stereocenters. The van der Waals surface area contributed by atoms with Crippen molar-refractivity contribution < 1.29 is 4.39 Å². The Hall–Kier alpha value is -2.74. The second-order valence-corrected chi connectivity index (χ2v) is 8.77. The molecule has 5 rings (SSSR count). The lowest BCUT2D eigenvalue weighted by Crippen LogP contribution is -2.46. The number of aryl methyl sites for hydroxylation is 2. The number of benzene rings is 2. The van der Waals surface area contributed by atoms with Crippen LogP contribution in [-0.2, 0) is 6.54 Å². The quantitative estimate of drug-likeness (QED) is 0.270. The summed E-state index contributed by atoms with van der Waals surface area (Å²) in [4.78, 5) is 26.6. The number of hydrogen-bond acceptors (Lipinski definition) is 5. The summed E-state index contributed by atoms with van der Waals surface area (Å²) in [5.74, 6) is -0.154. The number of fused-ring (bicyclic) bond motifs is 3. The third-order valence-corrected chi connectivity index (χ3v) is 6.50. The number of nitrogens with zero attached hydrogens (tertiary/aromatic N) is 5. The summed E-state index contributed by atoms with van der Waals surface area (Å²) >= 11 is 0. The van der Waals surface area contributed by atoms with Crippen LogP contribution in [0.1, 0.15) is 18.4 Å². The van der Waals surface area contributed by atoms with E-state index in [1.54, 1.807) is 23.2 Å². The first-order valence-electron chi connectivity index (χ1n) is 11.6. The van der Waals surface area contributed by atoms with E-state index < -0.39 is 0 Å². The maximum Gasteiger partial charge on any atom is 0.262 e. The SMILES string of the molecule is Cc1ccc2ncc3c(=O)n(CCCCN4CCN(c5ccccc5F)CC4)cnc3c2c1.Cl.Cl. The smallest absolute Gasteiger partial charge is 0.262 e. The molecule has 2 aromatic heterocycles. The summed E-state index contributed by atoms with van der Waals surface area (Å²) in [6, 6.07) is 13.0. The van der Waals surface area contributed by atoms with E-state index in [0.717, 1.165) is 67.5 Å². The van der Waals surface area contributed by atoms with Crippen LogP contribution in [0.4, 0.5) is 10.1 Å². The second kappa shape index (κ2) is 11.8. The highest BCUT2D eigenvalue weighted by Gasteiger charge is 2.18. The van der Waals surface area contributed by atoms with Gasteiger partial charge in [0.25, 0.3) is 5.56 Å². The monoisotopic (exact) mass is 517 g/mol. The van der Waals surface area contributed by atoms with E-state index in [4.69, 9.17) is 0 Å². The van der Waals surface area contributed by atoms with Gasteiger partial charge < -0.3 is 4.90 Å². The van der Waals surface area contributed by atoms with Gasteiger partial charge >= 0.3 is 0 Å². The maximum atomic E-state index is 14.0. The summed E-state index contributed by atoms with van der Waals surface area (Å²) in [5.41, 5.74) is 3.36. The first-order chi connectivity index (χ1) is 16.1. The van der Waals surface area contributed by atoms with Crippen molar-refractivity contribution >= 4 is 52.3 Å². The first kappa shape index (κ1) is 26.9. The second-order valence-electron chi connectivity index (χ2n) is 8.77. The van der Waals surface area contributed by atoms with Crippen LogP contribution in [0.2, 0.25) is 0 Å². The molecule has 2 aromatic carbocycles. The molecule has 35 heavy (non-hydrogen) atoms. The number of unbranched alkanes of at least 4 members (excludes halogenated alkanes) is 1. The van der Waals surface area contributed by atoms with Gasteiger partial charge in [0.05, 0.1) is 28.4 Å². The molecule has 186 valence electrons. The fourth-order valence-electron chi connectivity index (χ4n) is 4.62. The largest absolute Gasteiger partial charge is 0.367 e. The van der Waals surface area contributed by atoms with Crippen LogP contribution in [-0.4, -0.2) is 52.2 Å². The molecule has 0 radical (unpaired) electrons. The number of anilines is 1. The molecule has 0 spiro atoms. The molecule has 1 fully saturated rings. The minimum Gasteiger partial charge on any atom is -0.367 e. The van der Waals surface area contributed by atoms with Crippen molar-refractivity contribution in [3.63, 3.8) is 0 Å². The number of pyridine rings is 1. The Kier molecular flexibility index (Phi) is 9.05. The average Bonchev–Trinajstić information content (AvgIpc) is 2.83. The molecule has 0 saturated carbocycles. The molecule has 4 aromatic rings. The van der Waals surface area contributed by atoms with Gasteiger partial charge in [0, 0.05) is 44.3 Å². The standard InChI is InChI=1S/C26H28FN5O.2ClH/c1-19-8-9-23-20(16-19)25-21(17-28-23)26(33)32(18-29-25)11-5-4-10-30-12-14-31(15-13-30)24-7-3-2-6-22(24)27;;/h2-3,6-9,16-18H,4-5,10-15H2,1H3;2*1H. The van der Waals surface area contributed by atoms with Crippen molar-refractivity contribution in [2.24, 2.45) is 0 Å². The lowest BCUT2D eigenvalue weighted by atomic mass is 10.1. The molecule has 0 unspecified atom stereocenters. The highest BCUT2D eigenvalue weighted by molar-refractivity contribution is 6.02. The molecule has 0 aliphatic carbocycles. The topological polar surface area (TPSA) is 54.3 Å². The Labute approximate surface area is 216 Å². The highest BCUT2D eigenvalue weighted by Crippen LogP contribution is 2.21. The molecule has 9 heteroatoms. The number of rotatable bonds is 6. The van der Waals surface area contributed by atoms with Crippen molar-refractivity contribution in [1.29, 1.82) is 0 Å². The van der Waals surface area contributed by atoms with Crippen molar-refractivity contribution in [1.82, 2.24) is 19.4 Å². The molecule has 3 heterocycles. The molecule has 1 aliphatic heterocycles. The van der Waals surface area contributed by atoms with Gasteiger partial charge in [0.1, 0.15) is 5.82 Å². The fraction of sp³-hybridized carbons (Fsp3) is 0.346. The van der Waals surface area contributed by atoms with Crippen molar-refractivity contribution in [2.45, 2.75) is 26.3 Å². The summed E-state index contributed by atoms with van der Waals surface area (Å²) in [7, 11) is 0. The fourth-order valence-corrected chi connectivity index (χ4v) is 4.62. The van der Waals surface area contributed by atoms with Gasteiger partial charge in [0.15, 0.2) is 0 Å². The summed E-state index contributed by atoms with van der Waals surface area (Å²) in [6.07, 6.45) is 5.22. The number of aromatic nitrogens is 3. The Bertz CT molecular complexity index is 1350. The molecular weight excluding hydrogens is 488 g/mol. The first-order valence-corrected chi connectivity index (χ1v) is 11.6. The predicted molar refractivity (Wildman–Crippen MR) is 145 cm³/mol. The van der Waals surface area contributed by atoms with E-state index in [1.807, 2.05) is 37.3 Å². The van der Waals surface area contributed by atoms with Crippen LogP contribution in [0, 0.1) is 12.7 Å². The summed E-state index contributed by atoms with van der Waals surface area (Å²) in [6.45, 7) is 7.15. The molecule has 0 bridgehead atoms. The number of hydrogen-bond donors (Lipinski definition) is 0. The van der Waals surface area contributed by atoms with Crippen LogP contribution >= 0.6 is 24.8 Å². The van der Waals surface area contributed by atoms with Gasteiger partial charge in [0.2, 0.25) is 0 Å². The number of piperazine rings is 1. The van der Waals surface area contributed by atoms with Gasteiger partial charge in [-0.3, -0.25) is 19.2 Å². The van der Waals surface area contributed by atoms with E-state index >= 15 is 0 Å². The minimum absolute atomic E-state index is 0. The van der Waals surface area contributed by atoms with Crippen LogP contribution in [0.3, 0.4) is 0 Å². The van der Waals surface area contributed by atoms with E-state index in [0.29, 0.717) is 17.6 Å². The molecule has 1 aliphatic rings. The normalized spacial score (nSPS) is 14.1. The average molecular weight is 518 g/mol. The van der Waals surface area contributed by atoms with Crippen LogP contribution in [0.15, 0.2) is 59.8 Å². The predicted octanol–water partition coefficient (Wildman–Crippen LogP) is 4.84. The Morgan fingerprint density at radius 1 is 0.914 bits per heavy atom. The number of para-hydroxylation sites is 1. The van der Waals surface area contributed by atoms with E-state index in [2.05, 4.69) is 19.8 Å². The van der Waals surface area contributed by atoms with E-state index in [1.165, 1.54) is 6.07 Å². The lowest BCUT2D eigenvalue weighted by molar-refractivity contribution is 0.250. The zero-order valence-corrected chi connectivity index (χ0v) is 21.3. The lowest BCUT2D eigenvalue weighted by Gasteiger charge is -2.36. The van der Waals surface area contributed by atoms with Crippen LogP contribution < -0.4 is 10.5 Å². The van der Waals surface area contributed by atoms with Gasteiger partial charge in [-0.05, 0) is 50.6 Å².